The molecule has 0 aliphatic rings. The normalized spacial score (nSPS) is 14.3. The molecule has 0 bridgehead atoms. The van der Waals surface area contributed by atoms with Crippen LogP contribution >= 0.6 is 0 Å². The zero-order valence-corrected chi connectivity index (χ0v) is 15.8. The number of alkyl halides is 12. The van der Waals surface area contributed by atoms with E-state index >= 15 is 0 Å². The molecule has 0 atom stereocenters. The van der Waals surface area contributed by atoms with Crippen LogP contribution in [0.15, 0.2) is 0 Å². The summed E-state index contributed by atoms with van der Waals surface area (Å²) >= 11 is 0. The third-order valence-corrected chi connectivity index (χ3v) is 3.50. The molecule has 0 aliphatic heterocycles. The van der Waals surface area contributed by atoms with E-state index < -0.39 is 67.3 Å². The lowest BCUT2D eigenvalue weighted by molar-refractivity contribution is -0.428. The molecular weight excluding hydrogens is 492 g/mol. The average Bonchev–Trinajstić information content (AvgIpc) is 2.65. The highest BCUT2D eigenvalue weighted by atomic mass is 19.4. The van der Waals surface area contributed by atoms with Crippen molar-refractivity contribution in [1.29, 1.82) is 0 Å². The number of esters is 2. The molecule has 0 heterocycles. The summed E-state index contributed by atoms with van der Waals surface area (Å²) < 4.78 is 176. The highest BCUT2D eigenvalue weighted by molar-refractivity contribution is 6.29. The van der Waals surface area contributed by atoms with Crippen LogP contribution in [0.25, 0.3) is 0 Å². The summed E-state index contributed by atoms with van der Waals surface area (Å²) in [5, 5.41) is 0. The third-order valence-electron chi connectivity index (χ3n) is 3.50. The van der Waals surface area contributed by atoms with Gasteiger partial charge in [0.05, 0.1) is 6.61 Å². The monoisotopic (exact) mass is 506 g/mol. The van der Waals surface area contributed by atoms with Crippen molar-refractivity contribution in [2.24, 2.45) is 0 Å². The third kappa shape index (κ3) is 5.32. The van der Waals surface area contributed by atoms with E-state index in [4.69, 9.17) is 0 Å². The summed E-state index contributed by atoms with van der Waals surface area (Å²) in [5.74, 6) is -47.8. The Morgan fingerprint density at radius 2 is 0.906 bits per heavy atom. The van der Waals surface area contributed by atoms with Crippen LogP contribution in [0.3, 0.4) is 0 Å². The van der Waals surface area contributed by atoms with Gasteiger partial charge in [0.25, 0.3) is 0 Å². The molecule has 0 fully saturated rings. The number of carbonyl (C=O) groups excluding carboxylic acids is 2. The lowest BCUT2D eigenvalue weighted by Gasteiger charge is -2.41. The minimum absolute atomic E-state index is 0.234. The zero-order chi connectivity index (χ0) is 25.8. The van der Waals surface area contributed by atoms with Gasteiger partial charge in [-0.2, -0.15) is 52.7 Å². The van der Waals surface area contributed by atoms with Gasteiger partial charge in [-0.1, -0.05) is 0 Å². The summed E-state index contributed by atoms with van der Waals surface area (Å²) in [5.41, 5.74) is 0. The molecule has 18 heteroatoms. The van der Waals surface area contributed by atoms with E-state index in [0.717, 1.165) is 7.11 Å². The van der Waals surface area contributed by atoms with Gasteiger partial charge in [0.1, 0.15) is 13.2 Å². The SMILES string of the molecule is COCCOC(=O)C(=O)OCC(F)(F)C(F)(F)C(F)(F)C(F)(F)C(F)(F)C(F)(F)COC. The second-order valence-corrected chi connectivity index (χ2v) is 5.84. The molecule has 0 rings (SSSR count). The Morgan fingerprint density at radius 3 is 1.28 bits per heavy atom. The Balaban J connectivity index is 5.78. The Hall–Kier alpha value is -1.98. The van der Waals surface area contributed by atoms with Gasteiger partial charge in [-0.3, -0.25) is 0 Å². The second-order valence-electron chi connectivity index (χ2n) is 5.84. The topological polar surface area (TPSA) is 71.1 Å². The van der Waals surface area contributed by atoms with Crippen molar-refractivity contribution < 1.29 is 81.2 Å². The maximum absolute atomic E-state index is 13.6. The molecule has 0 radical (unpaired) electrons. The molecule has 32 heavy (non-hydrogen) atoms. The largest absolute Gasteiger partial charge is 0.455 e. The summed E-state index contributed by atoms with van der Waals surface area (Å²) in [6, 6.07) is 0. The van der Waals surface area contributed by atoms with E-state index in [1.54, 1.807) is 0 Å². The first-order valence-corrected chi connectivity index (χ1v) is 7.76. The van der Waals surface area contributed by atoms with Gasteiger partial charge in [0.15, 0.2) is 6.61 Å². The van der Waals surface area contributed by atoms with Crippen LogP contribution in [0.4, 0.5) is 52.7 Å². The summed E-state index contributed by atoms with van der Waals surface area (Å²) in [6.45, 7) is -6.93. The van der Waals surface area contributed by atoms with Crippen molar-refractivity contribution in [2.45, 2.75) is 35.5 Å². The molecule has 0 aliphatic carbocycles. The molecule has 0 saturated carbocycles. The molecule has 0 amide bonds. The zero-order valence-electron chi connectivity index (χ0n) is 15.8. The number of methoxy groups -OCH3 is 2. The van der Waals surface area contributed by atoms with Crippen molar-refractivity contribution in [2.75, 3.05) is 40.6 Å². The summed E-state index contributed by atoms with van der Waals surface area (Å²) in [7, 11) is 1.32. The lowest BCUT2D eigenvalue weighted by Crippen LogP contribution is -2.71. The minimum Gasteiger partial charge on any atom is -0.455 e. The van der Waals surface area contributed by atoms with Crippen molar-refractivity contribution >= 4 is 11.9 Å². The van der Waals surface area contributed by atoms with Crippen molar-refractivity contribution in [3.8, 4) is 0 Å². The molecular formula is C14H14F12O6. The molecule has 0 N–H and O–H groups in total. The molecule has 0 saturated heterocycles. The maximum Gasteiger partial charge on any atom is 0.417 e. The van der Waals surface area contributed by atoms with Gasteiger partial charge in [0.2, 0.25) is 0 Å². The van der Waals surface area contributed by atoms with Crippen LogP contribution in [0, 0.1) is 0 Å². The Morgan fingerprint density at radius 1 is 0.531 bits per heavy atom. The quantitative estimate of drug-likeness (QED) is 0.175. The fraction of sp³-hybridized carbons (Fsp3) is 0.857. The van der Waals surface area contributed by atoms with Crippen molar-refractivity contribution in [1.82, 2.24) is 0 Å². The molecule has 0 spiro atoms. The van der Waals surface area contributed by atoms with E-state index in [0.29, 0.717) is 0 Å². The first kappa shape index (κ1) is 30.0. The summed E-state index contributed by atoms with van der Waals surface area (Å²) in [4.78, 5) is 22.0. The van der Waals surface area contributed by atoms with Gasteiger partial charge in [-0.05, 0) is 0 Å². The number of hydrogen-bond acceptors (Lipinski definition) is 6. The number of hydrogen-bond donors (Lipinski definition) is 0. The Bertz CT molecular complexity index is 667. The van der Waals surface area contributed by atoms with Gasteiger partial charge in [-0.25, -0.2) is 9.59 Å². The highest BCUT2D eigenvalue weighted by Gasteiger charge is 2.90. The fourth-order valence-corrected chi connectivity index (χ4v) is 1.71. The van der Waals surface area contributed by atoms with Crippen LogP contribution in [-0.2, 0) is 28.5 Å². The number of halogens is 12. The second kappa shape index (κ2) is 9.88. The van der Waals surface area contributed by atoms with Gasteiger partial charge in [0, 0.05) is 14.2 Å². The maximum atomic E-state index is 13.6. The van der Waals surface area contributed by atoms with Crippen LogP contribution in [0.2, 0.25) is 0 Å². The number of ether oxygens (including phenoxy) is 4. The lowest BCUT2D eigenvalue weighted by atomic mass is 9.91. The van der Waals surface area contributed by atoms with E-state index in [1.165, 1.54) is 0 Å². The van der Waals surface area contributed by atoms with Gasteiger partial charge >= 0.3 is 47.5 Å². The van der Waals surface area contributed by atoms with E-state index in [-0.39, 0.29) is 13.7 Å². The molecule has 6 nitrogen and oxygen atoms in total. The number of carbonyl (C=O) groups is 2. The standard InChI is InChI=1S/C14H14F12O6/c1-29-3-4-31-7(27)8(28)32-6-10(17,18)12(21,22)14(25,26)13(23,24)11(19,20)9(15,16)5-30-2/h3-6H2,1-2H3. The van der Waals surface area contributed by atoms with Crippen LogP contribution in [-0.4, -0.2) is 88.1 Å². The smallest absolute Gasteiger partial charge is 0.417 e. The fourth-order valence-electron chi connectivity index (χ4n) is 1.71. The van der Waals surface area contributed by atoms with Crippen LogP contribution in [0.5, 0.6) is 0 Å². The average molecular weight is 506 g/mol. The first-order valence-electron chi connectivity index (χ1n) is 7.76. The predicted octanol–water partition coefficient (Wildman–Crippen LogP) is 3.18. The van der Waals surface area contributed by atoms with E-state index in [2.05, 4.69) is 18.9 Å². The molecule has 0 aromatic carbocycles. The predicted molar refractivity (Wildman–Crippen MR) is 75.4 cm³/mol. The Labute approximate surface area is 170 Å². The van der Waals surface area contributed by atoms with Crippen LogP contribution in [0.1, 0.15) is 0 Å². The minimum atomic E-state index is -7.84. The van der Waals surface area contributed by atoms with E-state index in [9.17, 15) is 62.3 Å². The molecule has 0 aromatic rings. The highest BCUT2D eigenvalue weighted by Crippen LogP contribution is 2.59. The van der Waals surface area contributed by atoms with Gasteiger partial charge in [-0.15, -0.1) is 0 Å². The molecule has 0 unspecified atom stereocenters. The van der Waals surface area contributed by atoms with Gasteiger partial charge < -0.3 is 18.9 Å². The Kier molecular flexibility index (Phi) is 9.27. The summed E-state index contributed by atoms with van der Waals surface area (Å²) in [6.07, 6.45) is 0. The van der Waals surface area contributed by atoms with E-state index in [1.807, 2.05) is 0 Å². The molecule has 190 valence electrons. The van der Waals surface area contributed by atoms with Crippen molar-refractivity contribution in [3.05, 3.63) is 0 Å². The molecule has 0 aromatic heterocycles. The van der Waals surface area contributed by atoms with Crippen LogP contribution < -0.4 is 0 Å². The first-order chi connectivity index (χ1) is 14.2. The number of rotatable bonds is 12. The van der Waals surface area contributed by atoms with Crippen molar-refractivity contribution in [3.63, 3.8) is 0 Å².